The zero-order valence-corrected chi connectivity index (χ0v) is 10.1. The summed E-state index contributed by atoms with van der Waals surface area (Å²) in [6, 6.07) is 15.7. The van der Waals surface area contributed by atoms with Gasteiger partial charge in [0, 0.05) is 0 Å². The van der Waals surface area contributed by atoms with Crippen LogP contribution < -0.4 is 0 Å². The van der Waals surface area contributed by atoms with Crippen molar-refractivity contribution >= 4 is 16.7 Å². The molecule has 0 radical (unpaired) electrons. The van der Waals surface area contributed by atoms with Gasteiger partial charge in [0.25, 0.3) is 0 Å². The average Bonchev–Trinajstić information content (AvgIpc) is 2.43. The lowest BCUT2D eigenvalue weighted by atomic mass is 9.94. The van der Waals surface area contributed by atoms with E-state index in [1.165, 1.54) is 7.11 Å². The number of carbonyl (C=O) groups excluding carboxylic acids is 1. The fourth-order valence-electron chi connectivity index (χ4n) is 2.00. The van der Waals surface area contributed by atoms with Gasteiger partial charge in [0.15, 0.2) is 0 Å². The second kappa shape index (κ2) is 5.33. The maximum absolute atomic E-state index is 11.7. The second-order valence-electron chi connectivity index (χ2n) is 4.04. The van der Waals surface area contributed by atoms with Crippen LogP contribution in [0.3, 0.4) is 0 Å². The molecule has 0 spiro atoms. The molecule has 0 aliphatic heterocycles. The number of hydrogen-bond acceptors (Lipinski definition) is 3. The minimum absolute atomic E-state index is 0.130. The normalized spacial score (nSPS) is 11.8. The minimum atomic E-state index is -0.510. The third-order valence-corrected chi connectivity index (χ3v) is 2.96. The van der Waals surface area contributed by atoms with Gasteiger partial charge in [0.1, 0.15) is 0 Å². The Bertz CT molecular complexity index is 613. The molecular weight excluding hydrogens is 226 g/mol. The van der Waals surface area contributed by atoms with E-state index in [9.17, 15) is 4.79 Å². The van der Waals surface area contributed by atoms with Crippen LogP contribution in [0.2, 0.25) is 0 Å². The van der Waals surface area contributed by atoms with Gasteiger partial charge in [-0.05, 0) is 16.3 Å². The second-order valence-corrected chi connectivity index (χ2v) is 4.04. The zero-order valence-electron chi connectivity index (χ0n) is 10.1. The van der Waals surface area contributed by atoms with Gasteiger partial charge >= 0.3 is 5.97 Å². The predicted octanol–water partition coefficient (Wildman–Crippen LogP) is 3.01. The largest absolute Gasteiger partial charge is 0.469 e. The minimum Gasteiger partial charge on any atom is -0.469 e. The van der Waals surface area contributed by atoms with E-state index in [4.69, 9.17) is 10.00 Å². The molecule has 0 bridgehead atoms. The smallest absolute Gasteiger partial charge is 0.314 e. The molecule has 0 N–H and O–H groups in total. The van der Waals surface area contributed by atoms with Crippen molar-refractivity contribution in [2.45, 2.75) is 12.3 Å². The first-order valence-electron chi connectivity index (χ1n) is 5.69. The van der Waals surface area contributed by atoms with Gasteiger partial charge in [0.05, 0.1) is 25.5 Å². The molecule has 1 unspecified atom stereocenters. The summed E-state index contributed by atoms with van der Waals surface area (Å²) in [5.41, 5.74) is 0.821. The monoisotopic (exact) mass is 239 g/mol. The number of carbonyl (C=O) groups is 1. The van der Waals surface area contributed by atoms with Crippen molar-refractivity contribution in [3.8, 4) is 6.07 Å². The Morgan fingerprint density at radius 3 is 2.67 bits per heavy atom. The van der Waals surface area contributed by atoms with E-state index in [0.717, 1.165) is 16.3 Å². The van der Waals surface area contributed by atoms with Crippen LogP contribution >= 0.6 is 0 Å². The maximum atomic E-state index is 11.7. The number of rotatable bonds is 3. The molecule has 2 aromatic rings. The SMILES string of the molecule is COC(=O)C(CC#N)c1ccc2ccccc2c1. The first-order chi connectivity index (χ1) is 8.76. The van der Waals surface area contributed by atoms with Crippen LogP contribution in [0.5, 0.6) is 0 Å². The highest BCUT2D eigenvalue weighted by Gasteiger charge is 2.21. The van der Waals surface area contributed by atoms with Crippen molar-refractivity contribution in [2.24, 2.45) is 0 Å². The van der Waals surface area contributed by atoms with Crippen LogP contribution in [0, 0.1) is 11.3 Å². The summed E-state index contributed by atoms with van der Waals surface area (Å²) >= 11 is 0. The van der Waals surface area contributed by atoms with E-state index in [1.807, 2.05) is 48.5 Å². The highest BCUT2D eigenvalue weighted by atomic mass is 16.5. The molecule has 0 aliphatic rings. The number of benzene rings is 2. The van der Waals surface area contributed by atoms with E-state index in [2.05, 4.69) is 0 Å². The van der Waals surface area contributed by atoms with Gasteiger partial charge in [-0.2, -0.15) is 5.26 Å². The number of nitrogens with zero attached hydrogens (tertiary/aromatic N) is 1. The Morgan fingerprint density at radius 2 is 2.00 bits per heavy atom. The molecule has 2 rings (SSSR count). The first-order valence-corrected chi connectivity index (χ1v) is 5.69. The molecule has 0 aliphatic carbocycles. The molecule has 0 amide bonds. The number of ether oxygens (including phenoxy) is 1. The zero-order chi connectivity index (χ0) is 13.0. The molecule has 2 aromatic carbocycles. The van der Waals surface area contributed by atoms with Crippen LogP contribution in [-0.2, 0) is 9.53 Å². The van der Waals surface area contributed by atoms with Crippen LogP contribution in [0.4, 0.5) is 0 Å². The predicted molar refractivity (Wildman–Crippen MR) is 68.9 cm³/mol. The van der Waals surface area contributed by atoms with E-state index in [0.29, 0.717) is 0 Å². The fourth-order valence-corrected chi connectivity index (χ4v) is 2.00. The van der Waals surface area contributed by atoms with Gasteiger partial charge in [-0.1, -0.05) is 42.5 Å². The fraction of sp³-hybridized carbons (Fsp3) is 0.200. The average molecular weight is 239 g/mol. The highest BCUT2D eigenvalue weighted by molar-refractivity contribution is 5.86. The lowest BCUT2D eigenvalue weighted by molar-refractivity contribution is -0.142. The third-order valence-electron chi connectivity index (χ3n) is 2.96. The number of fused-ring (bicyclic) bond motifs is 1. The number of methoxy groups -OCH3 is 1. The molecule has 3 heteroatoms. The Labute approximate surface area is 106 Å². The summed E-state index contributed by atoms with van der Waals surface area (Å²) in [7, 11) is 1.34. The molecule has 0 heterocycles. The topological polar surface area (TPSA) is 50.1 Å². The Kier molecular flexibility index (Phi) is 3.59. The summed E-state index contributed by atoms with van der Waals surface area (Å²) in [4.78, 5) is 11.7. The summed E-state index contributed by atoms with van der Waals surface area (Å²) in [5, 5.41) is 11.0. The van der Waals surface area contributed by atoms with Gasteiger partial charge in [-0.25, -0.2) is 0 Å². The van der Waals surface area contributed by atoms with Crippen molar-refractivity contribution in [2.75, 3.05) is 7.11 Å². The number of nitriles is 1. The van der Waals surface area contributed by atoms with Gasteiger partial charge in [-0.15, -0.1) is 0 Å². The molecular formula is C15H13NO2. The highest BCUT2D eigenvalue weighted by Crippen LogP contribution is 2.25. The van der Waals surface area contributed by atoms with Gasteiger partial charge in [0.2, 0.25) is 0 Å². The van der Waals surface area contributed by atoms with Gasteiger partial charge in [-0.3, -0.25) is 4.79 Å². The Balaban J connectivity index is 2.45. The third kappa shape index (κ3) is 2.33. The quantitative estimate of drug-likeness (QED) is 0.773. The molecule has 90 valence electrons. The summed E-state index contributed by atoms with van der Waals surface area (Å²) in [6.07, 6.45) is 0.130. The van der Waals surface area contributed by atoms with Crippen LogP contribution in [-0.4, -0.2) is 13.1 Å². The molecule has 0 aromatic heterocycles. The molecule has 0 fully saturated rings. The summed E-state index contributed by atoms with van der Waals surface area (Å²) in [5.74, 6) is -0.878. The van der Waals surface area contributed by atoms with E-state index in [-0.39, 0.29) is 12.4 Å². The van der Waals surface area contributed by atoms with Crippen molar-refractivity contribution in [1.82, 2.24) is 0 Å². The number of esters is 1. The van der Waals surface area contributed by atoms with Crippen molar-refractivity contribution in [3.05, 3.63) is 48.0 Å². The summed E-state index contributed by atoms with van der Waals surface area (Å²) in [6.45, 7) is 0. The number of hydrogen-bond donors (Lipinski definition) is 0. The van der Waals surface area contributed by atoms with Gasteiger partial charge < -0.3 is 4.74 Å². The molecule has 1 atom stereocenters. The lowest BCUT2D eigenvalue weighted by Gasteiger charge is -2.12. The standard InChI is InChI=1S/C15H13NO2/c1-18-15(17)14(8-9-16)13-7-6-11-4-2-3-5-12(11)10-13/h2-7,10,14H,8H2,1H3. The van der Waals surface area contributed by atoms with Crippen molar-refractivity contribution in [1.29, 1.82) is 5.26 Å². The van der Waals surface area contributed by atoms with Crippen LogP contribution in [0.15, 0.2) is 42.5 Å². The van der Waals surface area contributed by atoms with Crippen molar-refractivity contribution in [3.63, 3.8) is 0 Å². The Hall–Kier alpha value is -2.34. The first kappa shape index (κ1) is 12.1. The molecule has 0 saturated carbocycles. The molecule has 18 heavy (non-hydrogen) atoms. The van der Waals surface area contributed by atoms with Crippen molar-refractivity contribution < 1.29 is 9.53 Å². The Morgan fingerprint density at radius 1 is 1.28 bits per heavy atom. The van der Waals surface area contributed by atoms with Crippen LogP contribution in [0.25, 0.3) is 10.8 Å². The van der Waals surface area contributed by atoms with Crippen LogP contribution in [0.1, 0.15) is 17.9 Å². The molecule has 3 nitrogen and oxygen atoms in total. The molecule has 0 saturated heterocycles. The summed E-state index contributed by atoms with van der Waals surface area (Å²) < 4.78 is 4.74. The van der Waals surface area contributed by atoms with E-state index >= 15 is 0 Å². The maximum Gasteiger partial charge on any atom is 0.314 e. The lowest BCUT2D eigenvalue weighted by Crippen LogP contribution is -2.13. The van der Waals surface area contributed by atoms with E-state index in [1.54, 1.807) is 0 Å². The van der Waals surface area contributed by atoms with E-state index < -0.39 is 5.92 Å².